The zero-order valence-corrected chi connectivity index (χ0v) is 18.5. The minimum Gasteiger partial charge on any atom is -0.462 e. The van der Waals surface area contributed by atoms with Crippen LogP contribution in [-0.4, -0.2) is 48.0 Å². The Labute approximate surface area is 188 Å². The smallest absolute Gasteiger partial charge is 0.338 e. The maximum Gasteiger partial charge on any atom is 0.338 e. The lowest BCUT2D eigenvalue weighted by molar-refractivity contribution is 0.0160. The standard InChI is InChI=1S/C25H29N3O4/c1-3-18-7-5-8-19(15-18)24(30)32-12-6-9-21-20-16-25(10-13-31-14-11-25)17-26-23(29)22(20)28(4-2)27-21/h1,5,7-8,15H,4,6,9-14,16-17H2,2H3,(H,26,29). The van der Waals surface area contributed by atoms with Crippen molar-refractivity contribution in [3.05, 3.63) is 52.3 Å². The van der Waals surface area contributed by atoms with Crippen LogP contribution in [0.4, 0.5) is 0 Å². The first-order chi connectivity index (χ1) is 15.5. The fourth-order valence-electron chi connectivity index (χ4n) is 4.59. The summed E-state index contributed by atoms with van der Waals surface area (Å²) in [4.78, 5) is 25.2. The van der Waals surface area contributed by atoms with Crippen LogP contribution < -0.4 is 5.32 Å². The quantitative estimate of drug-likeness (QED) is 0.429. The van der Waals surface area contributed by atoms with Crippen LogP contribution in [-0.2, 0) is 28.9 Å². The molecule has 3 heterocycles. The van der Waals surface area contributed by atoms with Crippen molar-refractivity contribution in [1.82, 2.24) is 15.1 Å². The van der Waals surface area contributed by atoms with Crippen LogP contribution in [0.5, 0.6) is 0 Å². The molecule has 4 rings (SSSR count). The number of aryl methyl sites for hydroxylation is 2. The van der Waals surface area contributed by atoms with Gasteiger partial charge in [0.2, 0.25) is 0 Å². The molecule has 2 aromatic rings. The number of aromatic nitrogens is 2. The van der Waals surface area contributed by atoms with Gasteiger partial charge in [-0.3, -0.25) is 9.48 Å². The highest BCUT2D eigenvalue weighted by Gasteiger charge is 2.39. The summed E-state index contributed by atoms with van der Waals surface area (Å²) in [5.74, 6) is 2.08. The maximum absolute atomic E-state index is 12.9. The number of fused-ring (bicyclic) bond motifs is 1. The lowest BCUT2D eigenvalue weighted by Crippen LogP contribution is -2.40. The molecule has 168 valence electrons. The van der Waals surface area contributed by atoms with E-state index in [1.54, 1.807) is 28.9 Å². The molecule has 0 radical (unpaired) electrons. The van der Waals surface area contributed by atoms with Crippen LogP contribution >= 0.6 is 0 Å². The Kier molecular flexibility index (Phi) is 6.61. The van der Waals surface area contributed by atoms with E-state index >= 15 is 0 Å². The largest absolute Gasteiger partial charge is 0.462 e. The molecule has 1 N–H and O–H groups in total. The van der Waals surface area contributed by atoms with Gasteiger partial charge in [-0.1, -0.05) is 12.0 Å². The highest BCUT2D eigenvalue weighted by molar-refractivity contribution is 5.94. The number of hydrogen-bond acceptors (Lipinski definition) is 5. The summed E-state index contributed by atoms with van der Waals surface area (Å²) in [6, 6.07) is 6.86. The first-order valence-corrected chi connectivity index (χ1v) is 11.2. The Morgan fingerprint density at radius 3 is 2.94 bits per heavy atom. The predicted molar refractivity (Wildman–Crippen MR) is 119 cm³/mol. The van der Waals surface area contributed by atoms with Crippen LogP contribution in [0.1, 0.15) is 63.9 Å². The van der Waals surface area contributed by atoms with Gasteiger partial charge in [-0.15, -0.1) is 6.42 Å². The molecule has 2 aliphatic rings. The van der Waals surface area contributed by atoms with E-state index in [0.29, 0.717) is 42.8 Å². The molecule has 0 bridgehead atoms. The first kappa shape index (κ1) is 22.1. The van der Waals surface area contributed by atoms with Crippen LogP contribution in [0.15, 0.2) is 24.3 Å². The van der Waals surface area contributed by atoms with Crippen LogP contribution in [0.2, 0.25) is 0 Å². The van der Waals surface area contributed by atoms with Crippen LogP contribution in [0.25, 0.3) is 0 Å². The number of nitrogens with zero attached hydrogens (tertiary/aromatic N) is 2. The number of hydrogen-bond donors (Lipinski definition) is 1. The van der Waals surface area contributed by atoms with Crippen molar-refractivity contribution in [2.75, 3.05) is 26.4 Å². The number of amides is 1. The van der Waals surface area contributed by atoms with Crippen molar-refractivity contribution in [1.29, 1.82) is 0 Å². The highest BCUT2D eigenvalue weighted by Crippen LogP contribution is 2.37. The Hall–Kier alpha value is -3.11. The minimum absolute atomic E-state index is 0.0179. The zero-order valence-electron chi connectivity index (χ0n) is 18.5. The van der Waals surface area contributed by atoms with E-state index in [2.05, 4.69) is 11.2 Å². The van der Waals surface area contributed by atoms with Gasteiger partial charge in [-0.2, -0.15) is 5.10 Å². The topological polar surface area (TPSA) is 82.4 Å². The summed E-state index contributed by atoms with van der Waals surface area (Å²) in [6.45, 7) is 5.01. The molecule has 1 aromatic carbocycles. The predicted octanol–water partition coefficient (Wildman–Crippen LogP) is 2.76. The number of terminal acetylenes is 1. The number of carbonyl (C=O) groups is 2. The molecular weight excluding hydrogens is 406 g/mol. The van der Waals surface area contributed by atoms with E-state index < -0.39 is 0 Å². The second-order valence-corrected chi connectivity index (χ2v) is 8.53. The molecule has 2 aliphatic heterocycles. The van der Waals surface area contributed by atoms with Crippen molar-refractivity contribution in [3.63, 3.8) is 0 Å². The summed E-state index contributed by atoms with van der Waals surface area (Å²) < 4.78 is 12.8. The fraction of sp³-hybridized carbons (Fsp3) is 0.480. The van der Waals surface area contributed by atoms with E-state index in [-0.39, 0.29) is 23.9 Å². The van der Waals surface area contributed by atoms with Crippen molar-refractivity contribution < 1.29 is 19.1 Å². The number of ether oxygens (including phenoxy) is 2. The molecule has 1 amide bonds. The van der Waals surface area contributed by atoms with Gasteiger partial charge in [-0.25, -0.2) is 4.79 Å². The normalized spacial score (nSPS) is 17.2. The lowest BCUT2D eigenvalue weighted by Gasteiger charge is -2.36. The van der Waals surface area contributed by atoms with Gasteiger partial charge in [0.1, 0.15) is 5.69 Å². The average molecular weight is 436 g/mol. The Balaban J connectivity index is 1.44. The molecule has 7 nitrogen and oxygen atoms in total. The number of rotatable bonds is 6. The van der Waals surface area contributed by atoms with E-state index in [1.807, 2.05) is 6.92 Å². The molecule has 32 heavy (non-hydrogen) atoms. The fourth-order valence-corrected chi connectivity index (χ4v) is 4.59. The SMILES string of the molecule is C#Cc1cccc(C(=O)OCCCc2nn(CC)c3c2CC2(CCOCC2)CNC3=O)c1. The summed E-state index contributed by atoms with van der Waals surface area (Å²) >= 11 is 0. The van der Waals surface area contributed by atoms with Gasteiger partial charge < -0.3 is 14.8 Å². The van der Waals surface area contributed by atoms with Crippen LogP contribution in [0.3, 0.4) is 0 Å². The minimum atomic E-state index is -0.388. The lowest BCUT2D eigenvalue weighted by atomic mass is 9.75. The van der Waals surface area contributed by atoms with Gasteiger partial charge in [0.15, 0.2) is 0 Å². The third-order valence-electron chi connectivity index (χ3n) is 6.43. The van der Waals surface area contributed by atoms with E-state index in [4.69, 9.17) is 21.0 Å². The molecule has 0 aliphatic carbocycles. The van der Waals surface area contributed by atoms with Crippen molar-refractivity contribution >= 4 is 11.9 Å². The van der Waals surface area contributed by atoms with Crippen molar-refractivity contribution in [2.24, 2.45) is 5.41 Å². The molecule has 1 fully saturated rings. The summed E-state index contributed by atoms with van der Waals surface area (Å²) in [6.07, 6.45) is 9.35. The van der Waals surface area contributed by atoms with Gasteiger partial charge >= 0.3 is 5.97 Å². The highest BCUT2D eigenvalue weighted by atomic mass is 16.5. The van der Waals surface area contributed by atoms with Crippen LogP contribution in [0, 0.1) is 17.8 Å². The number of benzene rings is 1. The Bertz CT molecular complexity index is 1040. The summed E-state index contributed by atoms with van der Waals surface area (Å²) in [5, 5.41) is 7.86. The number of carbonyl (C=O) groups excluding carboxylic acids is 2. The first-order valence-electron chi connectivity index (χ1n) is 11.2. The molecule has 0 unspecified atom stereocenters. The van der Waals surface area contributed by atoms with Gasteiger partial charge in [-0.05, 0) is 62.6 Å². The molecule has 1 saturated heterocycles. The van der Waals surface area contributed by atoms with E-state index in [0.717, 1.165) is 43.7 Å². The monoisotopic (exact) mass is 435 g/mol. The average Bonchev–Trinajstić information content (AvgIpc) is 3.10. The Morgan fingerprint density at radius 1 is 1.38 bits per heavy atom. The third kappa shape index (κ3) is 4.56. The van der Waals surface area contributed by atoms with Crippen molar-refractivity contribution in [3.8, 4) is 12.3 Å². The Morgan fingerprint density at radius 2 is 2.19 bits per heavy atom. The zero-order chi connectivity index (χ0) is 22.6. The molecule has 7 heteroatoms. The molecular formula is C25H29N3O4. The second kappa shape index (κ2) is 9.58. The number of nitrogens with one attached hydrogen (secondary N) is 1. The third-order valence-corrected chi connectivity index (χ3v) is 6.43. The number of esters is 1. The van der Waals surface area contributed by atoms with Crippen molar-refractivity contribution in [2.45, 2.75) is 45.6 Å². The van der Waals surface area contributed by atoms with Gasteiger partial charge in [0, 0.05) is 37.4 Å². The molecule has 1 spiro atoms. The summed E-state index contributed by atoms with van der Waals surface area (Å²) in [5.41, 5.74) is 3.75. The van der Waals surface area contributed by atoms with E-state index in [9.17, 15) is 9.59 Å². The van der Waals surface area contributed by atoms with Gasteiger partial charge in [0.25, 0.3) is 5.91 Å². The van der Waals surface area contributed by atoms with Gasteiger partial charge in [0.05, 0.1) is 17.9 Å². The van der Waals surface area contributed by atoms with E-state index in [1.165, 1.54) is 0 Å². The molecule has 0 saturated carbocycles. The molecule has 0 atom stereocenters. The molecule has 1 aromatic heterocycles. The second-order valence-electron chi connectivity index (χ2n) is 8.53. The summed E-state index contributed by atoms with van der Waals surface area (Å²) in [7, 11) is 0. The maximum atomic E-state index is 12.9.